The summed E-state index contributed by atoms with van der Waals surface area (Å²) in [5.74, 6) is -1.23. The highest BCUT2D eigenvalue weighted by molar-refractivity contribution is 9.10. The summed E-state index contributed by atoms with van der Waals surface area (Å²) >= 11 is 3.36. The molecule has 0 atom stereocenters. The summed E-state index contributed by atoms with van der Waals surface area (Å²) in [4.78, 5) is 36.0. The number of benzene rings is 2. The average molecular weight is 513 g/mol. The van der Waals surface area contributed by atoms with E-state index in [1.54, 1.807) is 36.4 Å². The number of carbonyl (C=O) groups is 3. The Morgan fingerprint density at radius 3 is 2.67 bits per heavy atom. The molecule has 0 aliphatic heterocycles. The number of amides is 3. The number of anilines is 1. The molecule has 33 heavy (non-hydrogen) atoms. The minimum Gasteiger partial charge on any atom is -0.483 e. The number of rotatable bonds is 8. The van der Waals surface area contributed by atoms with E-state index in [1.807, 2.05) is 25.1 Å². The summed E-state index contributed by atoms with van der Waals surface area (Å²) in [7, 11) is 0. The van der Waals surface area contributed by atoms with Gasteiger partial charge in [0, 0.05) is 15.7 Å². The van der Waals surface area contributed by atoms with Gasteiger partial charge in [0.05, 0.1) is 19.0 Å². The Hall–Kier alpha value is -3.92. The highest BCUT2D eigenvalue weighted by atomic mass is 79.9. The normalized spacial score (nSPS) is 10.6. The van der Waals surface area contributed by atoms with E-state index in [0.717, 1.165) is 10.0 Å². The maximum Gasteiger partial charge on any atom is 0.329 e. The van der Waals surface area contributed by atoms with Crippen molar-refractivity contribution in [2.75, 3.05) is 11.9 Å². The van der Waals surface area contributed by atoms with Crippen LogP contribution in [0.25, 0.3) is 0 Å². The number of carbonyl (C=O) groups excluding carboxylic acids is 3. The Balaban J connectivity index is 1.54. The Morgan fingerprint density at radius 1 is 1.09 bits per heavy atom. The molecule has 2 aromatic carbocycles. The van der Waals surface area contributed by atoms with Crippen LogP contribution >= 0.6 is 15.9 Å². The van der Waals surface area contributed by atoms with Gasteiger partial charge in [0.1, 0.15) is 11.5 Å². The SMILES string of the molecule is Cc1ccccc1NC(=O)COc1ccc(Br)cc1/C=N\NC(=O)C(=O)NCc1ccco1. The molecule has 0 spiro atoms. The van der Waals surface area contributed by atoms with Crippen LogP contribution in [0.3, 0.4) is 0 Å². The molecule has 0 bridgehead atoms. The second kappa shape index (κ2) is 11.6. The van der Waals surface area contributed by atoms with E-state index in [9.17, 15) is 14.4 Å². The van der Waals surface area contributed by atoms with Gasteiger partial charge < -0.3 is 19.8 Å². The number of nitrogens with zero attached hydrogens (tertiary/aromatic N) is 1. The van der Waals surface area contributed by atoms with Crippen LogP contribution in [0.5, 0.6) is 5.75 Å². The quantitative estimate of drug-likeness (QED) is 0.243. The van der Waals surface area contributed by atoms with Crippen LogP contribution in [-0.2, 0) is 20.9 Å². The van der Waals surface area contributed by atoms with E-state index in [2.05, 4.69) is 37.1 Å². The lowest BCUT2D eigenvalue weighted by atomic mass is 10.2. The summed E-state index contributed by atoms with van der Waals surface area (Å²) in [6, 6.07) is 15.9. The first-order valence-electron chi connectivity index (χ1n) is 9.84. The zero-order chi connectivity index (χ0) is 23.6. The number of aryl methyl sites for hydroxylation is 1. The van der Waals surface area contributed by atoms with Crippen molar-refractivity contribution in [3.05, 3.63) is 82.2 Å². The molecule has 0 radical (unpaired) electrons. The first kappa shape index (κ1) is 23.7. The molecule has 0 saturated heterocycles. The van der Waals surface area contributed by atoms with Crippen molar-refractivity contribution < 1.29 is 23.5 Å². The van der Waals surface area contributed by atoms with E-state index in [4.69, 9.17) is 9.15 Å². The highest BCUT2D eigenvalue weighted by Crippen LogP contribution is 2.22. The van der Waals surface area contributed by atoms with Crippen molar-refractivity contribution >= 4 is 45.6 Å². The molecule has 0 unspecified atom stereocenters. The number of hydrogen-bond donors (Lipinski definition) is 3. The third-order valence-corrected chi connectivity index (χ3v) is 4.82. The summed E-state index contributed by atoms with van der Waals surface area (Å²) in [6.07, 6.45) is 2.78. The monoisotopic (exact) mass is 512 g/mol. The molecule has 170 valence electrons. The zero-order valence-electron chi connectivity index (χ0n) is 17.6. The lowest BCUT2D eigenvalue weighted by Crippen LogP contribution is -2.37. The van der Waals surface area contributed by atoms with Crippen LogP contribution < -0.4 is 20.8 Å². The van der Waals surface area contributed by atoms with E-state index < -0.39 is 11.8 Å². The smallest absolute Gasteiger partial charge is 0.329 e. The van der Waals surface area contributed by atoms with Gasteiger partial charge in [-0.2, -0.15) is 5.10 Å². The van der Waals surface area contributed by atoms with Gasteiger partial charge in [-0.05, 0) is 48.9 Å². The van der Waals surface area contributed by atoms with Gasteiger partial charge in [0.25, 0.3) is 5.91 Å². The molecule has 10 heteroatoms. The predicted molar refractivity (Wildman–Crippen MR) is 126 cm³/mol. The second-order valence-corrected chi connectivity index (χ2v) is 7.71. The molecule has 3 rings (SSSR count). The number of furan rings is 1. The van der Waals surface area contributed by atoms with Gasteiger partial charge in [0.2, 0.25) is 0 Å². The maximum absolute atomic E-state index is 12.3. The fourth-order valence-electron chi connectivity index (χ4n) is 2.67. The molecule has 1 aromatic heterocycles. The predicted octanol–water partition coefficient (Wildman–Crippen LogP) is 3.13. The molecule has 0 aliphatic rings. The number of hydrazone groups is 1. The molecular weight excluding hydrogens is 492 g/mol. The summed E-state index contributed by atoms with van der Waals surface area (Å²) < 4.78 is 11.4. The summed E-state index contributed by atoms with van der Waals surface area (Å²) in [6.45, 7) is 1.75. The van der Waals surface area contributed by atoms with Crippen molar-refractivity contribution in [2.24, 2.45) is 5.10 Å². The summed E-state index contributed by atoms with van der Waals surface area (Å²) in [5, 5.41) is 9.01. The largest absolute Gasteiger partial charge is 0.483 e. The van der Waals surface area contributed by atoms with Crippen LogP contribution in [0.2, 0.25) is 0 Å². The highest BCUT2D eigenvalue weighted by Gasteiger charge is 2.13. The fourth-order valence-corrected chi connectivity index (χ4v) is 3.05. The lowest BCUT2D eigenvalue weighted by Gasteiger charge is -2.11. The van der Waals surface area contributed by atoms with E-state index >= 15 is 0 Å². The molecule has 0 saturated carbocycles. The van der Waals surface area contributed by atoms with Crippen LogP contribution in [0, 0.1) is 6.92 Å². The minimum absolute atomic E-state index is 0.0805. The van der Waals surface area contributed by atoms with Crippen LogP contribution in [-0.4, -0.2) is 30.5 Å². The zero-order valence-corrected chi connectivity index (χ0v) is 19.2. The molecule has 3 N–H and O–H groups in total. The second-order valence-electron chi connectivity index (χ2n) is 6.80. The number of para-hydroxylation sites is 1. The molecule has 0 aliphatic carbocycles. The Morgan fingerprint density at radius 2 is 1.91 bits per heavy atom. The van der Waals surface area contributed by atoms with Gasteiger partial charge in [-0.3, -0.25) is 14.4 Å². The Kier molecular flexibility index (Phi) is 8.36. The number of halogens is 1. The van der Waals surface area contributed by atoms with Gasteiger partial charge in [-0.15, -0.1) is 0 Å². The van der Waals surface area contributed by atoms with Crippen molar-refractivity contribution in [3.63, 3.8) is 0 Å². The molecule has 9 nitrogen and oxygen atoms in total. The standard InChI is InChI=1S/C23H21BrN4O5/c1-15-5-2-3-7-19(15)27-21(29)14-33-20-9-8-17(24)11-16(20)12-26-28-23(31)22(30)25-13-18-6-4-10-32-18/h2-12H,13-14H2,1H3,(H,25,30)(H,27,29)(H,28,31)/b26-12-. The van der Waals surface area contributed by atoms with E-state index in [-0.39, 0.29) is 19.1 Å². The van der Waals surface area contributed by atoms with Gasteiger partial charge >= 0.3 is 11.8 Å². The first-order chi connectivity index (χ1) is 15.9. The van der Waals surface area contributed by atoms with Crippen LogP contribution in [0.4, 0.5) is 5.69 Å². The van der Waals surface area contributed by atoms with Crippen LogP contribution in [0.15, 0.2) is 74.9 Å². The van der Waals surface area contributed by atoms with Crippen molar-refractivity contribution in [1.82, 2.24) is 10.7 Å². The summed E-state index contributed by atoms with van der Waals surface area (Å²) in [5.41, 5.74) is 4.28. The van der Waals surface area contributed by atoms with E-state index in [1.165, 1.54) is 12.5 Å². The fraction of sp³-hybridized carbons (Fsp3) is 0.130. The number of nitrogens with one attached hydrogen (secondary N) is 3. The lowest BCUT2D eigenvalue weighted by molar-refractivity contribution is -0.139. The van der Waals surface area contributed by atoms with Crippen molar-refractivity contribution in [3.8, 4) is 5.75 Å². The van der Waals surface area contributed by atoms with Gasteiger partial charge in [0.15, 0.2) is 6.61 Å². The molecule has 1 heterocycles. The third kappa shape index (κ3) is 7.32. The average Bonchev–Trinajstić information content (AvgIpc) is 3.32. The van der Waals surface area contributed by atoms with Crippen molar-refractivity contribution in [1.29, 1.82) is 0 Å². The topological polar surface area (TPSA) is 122 Å². The molecular formula is C23H21BrN4O5. The third-order valence-electron chi connectivity index (χ3n) is 4.33. The number of ether oxygens (including phenoxy) is 1. The van der Waals surface area contributed by atoms with Gasteiger partial charge in [-0.1, -0.05) is 34.1 Å². The van der Waals surface area contributed by atoms with E-state index in [0.29, 0.717) is 22.8 Å². The van der Waals surface area contributed by atoms with Crippen molar-refractivity contribution in [2.45, 2.75) is 13.5 Å². The molecule has 3 amide bonds. The van der Waals surface area contributed by atoms with Gasteiger partial charge in [-0.25, -0.2) is 5.43 Å². The minimum atomic E-state index is -0.937. The number of hydrogen-bond acceptors (Lipinski definition) is 6. The first-order valence-corrected chi connectivity index (χ1v) is 10.6. The maximum atomic E-state index is 12.3. The molecule has 3 aromatic rings. The Labute approximate surface area is 198 Å². The molecule has 0 fully saturated rings. The Bertz CT molecular complexity index is 1160. The van der Waals surface area contributed by atoms with Crippen LogP contribution in [0.1, 0.15) is 16.9 Å².